The number of carbonyl (C=O) groups excluding carboxylic acids is 4. The van der Waals surface area contributed by atoms with Gasteiger partial charge in [0.25, 0.3) is 5.56 Å². The normalized spacial score (nSPS) is 22.5. The molecular formula is C18H22N2O10S. The van der Waals surface area contributed by atoms with Crippen LogP contribution in [0, 0.1) is 4.77 Å². The number of esters is 4. The second-order valence-electron chi connectivity index (χ2n) is 6.59. The Morgan fingerprint density at radius 1 is 1.10 bits per heavy atom. The highest BCUT2D eigenvalue weighted by Crippen LogP contribution is 2.34. The second kappa shape index (κ2) is 10.3. The molecule has 0 saturated carbocycles. The summed E-state index contributed by atoms with van der Waals surface area (Å²) in [6.45, 7) is 3.19. The first-order valence-electron chi connectivity index (χ1n) is 9.08. The molecule has 13 heteroatoms. The molecule has 2 rings (SSSR count). The predicted octanol–water partition coefficient (Wildman–Crippen LogP) is -0.0547. The number of methoxy groups -OCH3 is 1. The average molecular weight is 458 g/mol. The van der Waals surface area contributed by atoms with Gasteiger partial charge in [0.2, 0.25) is 0 Å². The Hall–Kier alpha value is -3.06. The summed E-state index contributed by atoms with van der Waals surface area (Å²) >= 11 is 5.19. The first kappa shape index (κ1) is 24.2. The number of carbonyl (C=O) groups is 4. The van der Waals surface area contributed by atoms with Crippen LogP contribution < -0.4 is 5.56 Å². The predicted molar refractivity (Wildman–Crippen MR) is 103 cm³/mol. The molecule has 0 aliphatic carbocycles. The van der Waals surface area contributed by atoms with Crippen LogP contribution >= 0.6 is 12.2 Å². The lowest BCUT2D eigenvalue weighted by molar-refractivity contribution is -0.166. The number of hydrogen-bond acceptors (Lipinski definition) is 11. The Bertz CT molecular complexity index is 984. The number of nitrogens with zero attached hydrogens (tertiary/aromatic N) is 1. The summed E-state index contributed by atoms with van der Waals surface area (Å²) < 4.78 is 27.2. The monoisotopic (exact) mass is 458 g/mol. The van der Waals surface area contributed by atoms with E-state index in [1.807, 2.05) is 0 Å². The van der Waals surface area contributed by atoms with Crippen molar-refractivity contribution in [1.29, 1.82) is 0 Å². The first-order chi connectivity index (χ1) is 14.5. The maximum absolute atomic E-state index is 12.2. The molecule has 1 aromatic rings. The van der Waals surface area contributed by atoms with Crippen molar-refractivity contribution in [2.75, 3.05) is 13.7 Å². The van der Waals surface area contributed by atoms with Crippen LogP contribution in [0.5, 0.6) is 0 Å². The third-order valence-electron chi connectivity index (χ3n) is 4.22. The maximum Gasteiger partial charge on any atom is 0.310 e. The zero-order valence-electron chi connectivity index (χ0n) is 17.2. The van der Waals surface area contributed by atoms with Crippen molar-refractivity contribution < 1.29 is 42.9 Å². The minimum Gasteiger partial charge on any atom is -0.469 e. The number of H-pyrrole nitrogens is 1. The summed E-state index contributed by atoms with van der Waals surface area (Å²) in [7, 11) is 1.17. The van der Waals surface area contributed by atoms with Crippen LogP contribution in [0.3, 0.4) is 0 Å². The van der Waals surface area contributed by atoms with Crippen molar-refractivity contribution in [3.8, 4) is 0 Å². The van der Waals surface area contributed by atoms with Gasteiger partial charge in [0.05, 0.1) is 13.5 Å². The fraction of sp³-hybridized carbons (Fsp3) is 0.556. The van der Waals surface area contributed by atoms with Crippen LogP contribution in [0.4, 0.5) is 0 Å². The van der Waals surface area contributed by atoms with E-state index in [9.17, 15) is 24.0 Å². The summed E-state index contributed by atoms with van der Waals surface area (Å²) in [4.78, 5) is 60.8. The standard InChI is InChI=1S/C18H22N2O10S/c1-8(21)27-7-12-14(28-9(2)22)15(29-10(3)23)17(30-12)20-6-11(5-13(24)26-4)16(25)19-18(20)31/h6,12,14-15,17H,5,7H2,1-4H3,(H,19,25,31)/t12-,14?,15+,17-/m1/s1. The van der Waals surface area contributed by atoms with Gasteiger partial charge in [-0.15, -0.1) is 0 Å². The first-order valence-corrected chi connectivity index (χ1v) is 9.48. The lowest BCUT2D eigenvalue weighted by Crippen LogP contribution is -2.40. The van der Waals surface area contributed by atoms with E-state index >= 15 is 0 Å². The van der Waals surface area contributed by atoms with Gasteiger partial charge in [0.1, 0.15) is 12.7 Å². The molecule has 170 valence electrons. The van der Waals surface area contributed by atoms with Gasteiger partial charge in [-0.1, -0.05) is 0 Å². The highest BCUT2D eigenvalue weighted by molar-refractivity contribution is 7.71. The van der Waals surface area contributed by atoms with Gasteiger partial charge in [-0.3, -0.25) is 33.5 Å². The number of ether oxygens (including phenoxy) is 5. The topological polar surface area (TPSA) is 152 Å². The van der Waals surface area contributed by atoms with Crippen molar-refractivity contribution in [1.82, 2.24) is 9.55 Å². The Morgan fingerprint density at radius 2 is 1.71 bits per heavy atom. The van der Waals surface area contributed by atoms with E-state index in [-0.39, 0.29) is 23.4 Å². The fourth-order valence-electron chi connectivity index (χ4n) is 2.99. The maximum atomic E-state index is 12.2. The van der Waals surface area contributed by atoms with Crippen LogP contribution in [0.25, 0.3) is 0 Å². The fourth-order valence-corrected chi connectivity index (χ4v) is 3.24. The lowest BCUT2D eigenvalue weighted by atomic mass is 10.1. The second-order valence-corrected chi connectivity index (χ2v) is 6.98. The highest BCUT2D eigenvalue weighted by Gasteiger charge is 2.50. The lowest BCUT2D eigenvalue weighted by Gasteiger charge is -2.24. The van der Waals surface area contributed by atoms with Crippen LogP contribution in [0.15, 0.2) is 11.0 Å². The molecule has 2 heterocycles. The van der Waals surface area contributed by atoms with Gasteiger partial charge in [-0.2, -0.15) is 0 Å². The third kappa shape index (κ3) is 6.21. The van der Waals surface area contributed by atoms with Crippen molar-refractivity contribution in [3.63, 3.8) is 0 Å². The summed E-state index contributed by atoms with van der Waals surface area (Å²) in [6, 6.07) is 0. The van der Waals surface area contributed by atoms with Crippen LogP contribution in [-0.2, 0) is 49.3 Å². The SMILES string of the molecule is COC(=O)Cc1cn([C@@H]2O[C@H](COC(C)=O)C(OC(C)=O)[C@@H]2OC(C)=O)c(=S)[nH]c1=O. The molecule has 1 N–H and O–H groups in total. The smallest absolute Gasteiger partial charge is 0.310 e. The molecule has 1 unspecified atom stereocenters. The summed E-state index contributed by atoms with van der Waals surface area (Å²) in [5.74, 6) is -2.65. The van der Waals surface area contributed by atoms with E-state index in [1.54, 1.807) is 0 Å². The van der Waals surface area contributed by atoms with Gasteiger partial charge in [-0.25, -0.2) is 0 Å². The van der Waals surface area contributed by atoms with E-state index in [2.05, 4.69) is 9.72 Å². The van der Waals surface area contributed by atoms with Gasteiger partial charge in [-0.05, 0) is 12.2 Å². The molecule has 0 aromatic carbocycles. The quantitative estimate of drug-likeness (QED) is 0.332. The summed E-state index contributed by atoms with van der Waals surface area (Å²) in [5, 5.41) is 0. The molecule has 1 aliphatic heterocycles. The van der Waals surface area contributed by atoms with E-state index in [0.29, 0.717) is 0 Å². The van der Waals surface area contributed by atoms with Gasteiger partial charge in [0, 0.05) is 32.5 Å². The zero-order chi connectivity index (χ0) is 23.3. The van der Waals surface area contributed by atoms with Crippen molar-refractivity contribution in [3.05, 3.63) is 26.9 Å². The zero-order valence-corrected chi connectivity index (χ0v) is 18.1. The molecule has 0 bridgehead atoms. The molecule has 1 aliphatic rings. The van der Waals surface area contributed by atoms with Crippen molar-refractivity contribution in [2.24, 2.45) is 0 Å². The van der Waals surface area contributed by atoms with E-state index in [1.165, 1.54) is 24.8 Å². The molecule has 1 saturated heterocycles. The molecular weight excluding hydrogens is 436 g/mol. The third-order valence-corrected chi connectivity index (χ3v) is 4.53. The number of rotatable bonds is 7. The number of aromatic amines is 1. The minimum absolute atomic E-state index is 0.0121. The number of nitrogens with one attached hydrogen (secondary N) is 1. The Labute approximate surface area is 181 Å². The van der Waals surface area contributed by atoms with Crippen LogP contribution in [0.1, 0.15) is 32.6 Å². The van der Waals surface area contributed by atoms with Crippen LogP contribution in [0.2, 0.25) is 0 Å². The Kier molecular flexibility index (Phi) is 8.05. The van der Waals surface area contributed by atoms with Gasteiger partial charge < -0.3 is 23.7 Å². The molecule has 0 radical (unpaired) electrons. The molecule has 31 heavy (non-hydrogen) atoms. The van der Waals surface area contributed by atoms with Crippen LogP contribution in [-0.4, -0.2) is 65.5 Å². The van der Waals surface area contributed by atoms with Gasteiger partial charge >= 0.3 is 23.9 Å². The molecule has 1 aromatic heterocycles. The number of hydrogen-bond donors (Lipinski definition) is 1. The van der Waals surface area contributed by atoms with Crippen molar-refractivity contribution >= 4 is 36.1 Å². The highest BCUT2D eigenvalue weighted by atomic mass is 32.1. The average Bonchev–Trinajstić information content (AvgIpc) is 2.98. The van der Waals surface area contributed by atoms with Gasteiger partial charge in [0.15, 0.2) is 23.2 Å². The molecule has 0 amide bonds. The molecule has 12 nitrogen and oxygen atoms in total. The van der Waals surface area contributed by atoms with E-state index in [0.717, 1.165) is 13.8 Å². The molecule has 0 spiro atoms. The molecule has 4 atom stereocenters. The molecule has 1 fully saturated rings. The minimum atomic E-state index is -1.19. The summed E-state index contributed by atoms with van der Waals surface area (Å²) in [5.41, 5.74) is -0.597. The number of aromatic nitrogens is 2. The Balaban J connectivity index is 2.51. The largest absolute Gasteiger partial charge is 0.469 e. The van der Waals surface area contributed by atoms with E-state index < -0.39 is 54.0 Å². The van der Waals surface area contributed by atoms with E-state index in [4.69, 9.17) is 31.2 Å². The summed E-state index contributed by atoms with van der Waals surface area (Å²) in [6.07, 6.45) is -3.57. The van der Waals surface area contributed by atoms with Crippen molar-refractivity contribution in [2.45, 2.75) is 51.7 Å². The Morgan fingerprint density at radius 3 is 2.26 bits per heavy atom.